The van der Waals surface area contributed by atoms with Crippen molar-refractivity contribution in [2.24, 2.45) is 5.14 Å². The third-order valence-corrected chi connectivity index (χ3v) is 5.38. The van der Waals surface area contributed by atoms with E-state index in [0.717, 1.165) is 19.7 Å². The Morgan fingerprint density at radius 3 is 1.94 bits per heavy atom. The SMILES string of the molecule is Cc1cc2cc(Br)c(Br)cc2cc1S(N)(=O)=O. The molecule has 0 bridgehead atoms. The first-order chi connectivity index (χ1) is 7.79. The summed E-state index contributed by atoms with van der Waals surface area (Å²) >= 11 is 6.79. The van der Waals surface area contributed by atoms with Gasteiger partial charge in [0.05, 0.1) is 4.90 Å². The van der Waals surface area contributed by atoms with Gasteiger partial charge < -0.3 is 0 Å². The molecule has 0 amide bonds. The maximum atomic E-state index is 11.4. The van der Waals surface area contributed by atoms with Crippen LogP contribution in [0.25, 0.3) is 10.8 Å². The molecular weight excluding hydrogens is 370 g/mol. The Kier molecular flexibility index (Phi) is 3.33. The topological polar surface area (TPSA) is 60.2 Å². The van der Waals surface area contributed by atoms with E-state index in [-0.39, 0.29) is 4.90 Å². The van der Waals surface area contributed by atoms with Gasteiger partial charge in [-0.15, -0.1) is 0 Å². The molecule has 90 valence electrons. The van der Waals surface area contributed by atoms with Crippen LogP contribution in [-0.4, -0.2) is 8.42 Å². The maximum Gasteiger partial charge on any atom is 0.238 e. The summed E-state index contributed by atoms with van der Waals surface area (Å²) in [6.07, 6.45) is 0. The molecule has 0 saturated carbocycles. The number of nitrogens with two attached hydrogens (primary N) is 1. The predicted molar refractivity (Wildman–Crippen MR) is 75.5 cm³/mol. The Morgan fingerprint density at radius 1 is 1.00 bits per heavy atom. The Hall–Kier alpha value is -0.430. The van der Waals surface area contributed by atoms with Crippen LogP contribution in [-0.2, 0) is 10.0 Å². The number of fused-ring (bicyclic) bond motifs is 1. The summed E-state index contributed by atoms with van der Waals surface area (Å²) < 4.78 is 24.6. The lowest BCUT2D eigenvalue weighted by Crippen LogP contribution is -2.13. The quantitative estimate of drug-likeness (QED) is 0.827. The number of hydrogen-bond acceptors (Lipinski definition) is 2. The third-order valence-electron chi connectivity index (χ3n) is 2.48. The smallest absolute Gasteiger partial charge is 0.225 e. The third kappa shape index (κ3) is 2.54. The number of benzene rings is 2. The van der Waals surface area contributed by atoms with Gasteiger partial charge in [-0.05, 0) is 73.3 Å². The van der Waals surface area contributed by atoms with E-state index in [2.05, 4.69) is 31.9 Å². The van der Waals surface area contributed by atoms with Crippen molar-refractivity contribution in [2.75, 3.05) is 0 Å². The van der Waals surface area contributed by atoms with Crippen molar-refractivity contribution in [2.45, 2.75) is 11.8 Å². The molecule has 0 saturated heterocycles. The van der Waals surface area contributed by atoms with E-state index >= 15 is 0 Å². The van der Waals surface area contributed by atoms with Crippen LogP contribution in [0.5, 0.6) is 0 Å². The van der Waals surface area contributed by atoms with Crippen molar-refractivity contribution in [3.63, 3.8) is 0 Å². The molecule has 2 aromatic rings. The fourth-order valence-corrected chi connectivity index (χ4v) is 3.21. The lowest BCUT2D eigenvalue weighted by Gasteiger charge is -2.07. The van der Waals surface area contributed by atoms with Gasteiger partial charge in [-0.25, -0.2) is 13.6 Å². The van der Waals surface area contributed by atoms with Crippen molar-refractivity contribution in [1.82, 2.24) is 0 Å². The molecule has 0 fully saturated rings. The molecule has 0 heterocycles. The second-order valence-electron chi connectivity index (χ2n) is 3.78. The lowest BCUT2D eigenvalue weighted by atomic mass is 10.1. The van der Waals surface area contributed by atoms with Crippen LogP contribution in [0.2, 0.25) is 0 Å². The molecule has 0 unspecified atom stereocenters. The maximum absolute atomic E-state index is 11.4. The molecule has 3 nitrogen and oxygen atoms in total. The van der Waals surface area contributed by atoms with Gasteiger partial charge in [0.25, 0.3) is 0 Å². The van der Waals surface area contributed by atoms with Crippen LogP contribution < -0.4 is 5.14 Å². The summed E-state index contributed by atoms with van der Waals surface area (Å²) in [5.41, 5.74) is 0.647. The van der Waals surface area contributed by atoms with Crippen LogP contribution in [0.4, 0.5) is 0 Å². The number of halogens is 2. The summed E-state index contributed by atoms with van der Waals surface area (Å²) in [5, 5.41) is 6.96. The molecule has 0 radical (unpaired) electrons. The Balaban J connectivity index is 2.86. The molecule has 0 aliphatic carbocycles. The first-order valence-electron chi connectivity index (χ1n) is 4.71. The van der Waals surface area contributed by atoms with E-state index in [4.69, 9.17) is 5.14 Å². The van der Waals surface area contributed by atoms with E-state index in [1.165, 1.54) is 0 Å². The van der Waals surface area contributed by atoms with Gasteiger partial charge in [-0.3, -0.25) is 0 Å². The molecule has 0 aromatic heterocycles. The van der Waals surface area contributed by atoms with Crippen molar-refractivity contribution in [3.05, 3.63) is 38.8 Å². The van der Waals surface area contributed by atoms with E-state index in [0.29, 0.717) is 5.56 Å². The molecule has 2 rings (SSSR count). The van der Waals surface area contributed by atoms with Crippen LogP contribution in [0.1, 0.15) is 5.56 Å². The van der Waals surface area contributed by atoms with Crippen molar-refractivity contribution in [1.29, 1.82) is 0 Å². The van der Waals surface area contributed by atoms with Gasteiger partial charge in [-0.2, -0.15) is 0 Å². The van der Waals surface area contributed by atoms with Crippen LogP contribution in [0.15, 0.2) is 38.1 Å². The van der Waals surface area contributed by atoms with E-state index in [9.17, 15) is 8.42 Å². The highest BCUT2D eigenvalue weighted by Gasteiger charge is 2.13. The van der Waals surface area contributed by atoms with E-state index in [1.807, 2.05) is 18.2 Å². The zero-order valence-corrected chi connectivity index (χ0v) is 12.9. The molecule has 0 aliphatic heterocycles. The molecular formula is C11H9Br2NO2S. The highest BCUT2D eigenvalue weighted by Crippen LogP contribution is 2.31. The second-order valence-corrected chi connectivity index (χ2v) is 7.01. The Morgan fingerprint density at radius 2 is 1.47 bits per heavy atom. The number of sulfonamides is 1. The molecule has 0 spiro atoms. The summed E-state index contributed by atoms with van der Waals surface area (Å²) in [7, 11) is -3.67. The van der Waals surface area contributed by atoms with Gasteiger partial charge in [0.2, 0.25) is 10.0 Å². The molecule has 2 N–H and O–H groups in total. The lowest BCUT2D eigenvalue weighted by molar-refractivity contribution is 0.597. The number of hydrogen-bond donors (Lipinski definition) is 1. The van der Waals surface area contributed by atoms with E-state index in [1.54, 1.807) is 13.0 Å². The van der Waals surface area contributed by atoms with Crippen LogP contribution in [0, 0.1) is 6.92 Å². The summed E-state index contributed by atoms with van der Waals surface area (Å²) in [6, 6.07) is 7.19. The largest absolute Gasteiger partial charge is 0.238 e. The fraction of sp³-hybridized carbons (Fsp3) is 0.0909. The fourth-order valence-electron chi connectivity index (χ4n) is 1.69. The second kappa shape index (κ2) is 4.35. The average molecular weight is 379 g/mol. The average Bonchev–Trinajstić information content (AvgIpc) is 2.18. The molecule has 2 aromatic carbocycles. The minimum absolute atomic E-state index is 0.166. The Labute approximate surface area is 116 Å². The van der Waals surface area contributed by atoms with Gasteiger partial charge in [0.15, 0.2) is 0 Å². The first kappa shape index (κ1) is 13.0. The van der Waals surface area contributed by atoms with Gasteiger partial charge in [0.1, 0.15) is 0 Å². The highest BCUT2D eigenvalue weighted by molar-refractivity contribution is 9.13. The van der Waals surface area contributed by atoms with Crippen molar-refractivity contribution >= 4 is 52.7 Å². The van der Waals surface area contributed by atoms with Crippen LogP contribution >= 0.6 is 31.9 Å². The number of primary sulfonamides is 1. The van der Waals surface area contributed by atoms with Gasteiger partial charge >= 0.3 is 0 Å². The van der Waals surface area contributed by atoms with Gasteiger partial charge in [-0.1, -0.05) is 6.07 Å². The standard InChI is InChI=1S/C11H9Br2NO2S/c1-6-2-7-3-9(12)10(13)4-8(7)5-11(6)17(14,15)16/h2-5H,1H3,(H2,14,15,16). The first-order valence-corrected chi connectivity index (χ1v) is 7.84. The van der Waals surface area contributed by atoms with Crippen molar-refractivity contribution < 1.29 is 8.42 Å². The monoisotopic (exact) mass is 377 g/mol. The zero-order valence-electron chi connectivity index (χ0n) is 8.87. The molecule has 0 aliphatic rings. The van der Waals surface area contributed by atoms with E-state index < -0.39 is 10.0 Å². The summed E-state index contributed by atoms with van der Waals surface area (Å²) in [6.45, 7) is 1.73. The van der Waals surface area contributed by atoms with Crippen molar-refractivity contribution in [3.8, 4) is 0 Å². The molecule has 17 heavy (non-hydrogen) atoms. The Bertz CT molecular complexity index is 711. The number of rotatable bonds is 1. The minimum atomic E-state index is -3.67. The summed E-state index contributed by atoms with van der Waals surface area (Å²) in [5.74, 6) is 0. The molecule has 0 atom stereocenters. The number of aryl methyl sites for hydroxylation is 1. The summed E-state index contributed by atoms with van der Waals surface area (Å²) in [4.78, 5) is 0.166. The van der Waals surface area contributed by atoms with Gasteiger partial charge in [0, 0.05) is 8.95 Å². The zero-order chi connectivity index (χ0) is 12.8. The predicted octanol–water partition coefficient (Wildman–Crippen LogP) is 3.32. The van der Waals surface area contributed by atoms with Crippen LogP contribution in [0.3, 0.4) is 0 Å². The highest BCUT2D eigenvalue weighted by atomic mass is 79.9. The molecule has 6 heteroatoms. The normalized spacial score (nSPS) is 12.0. The minimum Gasteiger partial charge on any atom is -0.225 e.